The van der Waals surface area contributed by atoms with Crippen molar-refractivity contribution in [2.45, 2.75) is 13.0 Å². The Bertz CT molecular complexity index is 487. The van der Waals surface area contributed by atoms with Crippen LogP contribution in [0.25, 0.3) is 0 Å². The van der Waals surface area contributed by atoms with Crippen LogP contribution < -0.4 is 5.32 Å². The number of hydrogen-bond acceptors (Lipinski definition) is 3. The maximum Gasteiger partial charge on any atom is 0.0871 e. The Morgan fingerprint density at radius 1 is 1.47 bits per heavy atom. The van der Waals surface area contributed by atoms with E-state index >= 15 is 0 Å². The lowest BCUT2D eigenvalue weighted by Gasteiger charge is -2.18. The topological polar surface area (TPSA) is 29.9 Å². The lowest BCUT2D eigenvalue weighted by molar-refractivity contribution is 0.579. The van der Waals surface area contributed by atoms with Crippen LogP contribution in [0, 0.1) is 0 Å². The van der Waals surface area contributed by atoms with E-state index < -0.39 is 0 Å². The van der Waals surface area contributed by atoms with E-state index in [9.17, 15) is 0 Å². The molecule has 0 aromatic carbocycles. The first-order valence-corrected chi connectivity index (χ1v) is 6.92. The zero-order valence-electron chi connectivity index (χ0n) is 9.58. The zero-order chi connectivity index (χ0) is 12.4. The van der Waals surface area contributed by atoms with Gasteiger partial charge in [0.25, 0.3) is 0 Å². The van der Waals surface area contributed by atoms with Crippen molar-refractivity contribution in [3.8, 4) is 0 Å². The normalized spacial score (nSPS) is 12.9. The van der Waals surface area contributed by atoms with Crippen molar-refractivity contribution in [1.29, 1.82) is 0 Å². The molecule has 1 N–H and O–H groups in total. The highest BCUT2D eigenvalue weighted by Crippen LogP contribution is 2.35. The summed E-state index contributed by atoms with van der Waals surface area (Å²) in [4.78, 5) is 1.07. The molecule has 6 heteroatoms. The molecule has 0 spiro atoms. The van der Waals surface area contributed by atoms with Crippen molar-refractivity contribution >= 4 is 34.5 Å². The smallest absolute Gasteiger partial charge is 0.0871 e. The number of hydrogen-bond donors (Lipinski definition) is 1. The standard InChI is InChI=1S/C11H13Cl2N3S/c1-3-14-9(11-7(12)4-5-17-11)10-8(13)6-15-16(10)2/h4-6,9,14H,3H2,1-2H3. The van der Waals surface area contributed by atoms with Gasteiger partial charge in [-0.05, 0) is 18.0 Å². The van der Waals surface area contributed by atoms with Gasteiger partial charge in [-0.15, -0.1) is 11.3 Å². The second-order valence-electron chi connectivity index (χ2n) is 3.62. The van der Waals surface area contributed by atoms with Crippen LogP contribution in [0.15, 0.2) is 17.6 Å². The van der Waals surface area contributed by atoms with Crippen molar-refractivity contribution < 1.29 is 0 Å². The van der Waals surface area contributed by atoms with E-state index in [2.05, 4.69) is 17.3 Å². The molecule has 17 heavy (non-hydrogen) atoms. The minimum Gasteiger partial charge on any atom is -0.304 e. The molecule has 0 fully saturated rings. The van der Waals surface area contributed by atoms with Crippen LogP contribution in [0.1, 0.15) is 23.5 Å². The lowest BCUT2D eigenvalue weighted by atomic mass is 10.1. The summed E-state index contributed by atoms with van der Waals surface area (Å²) in [7, 11) is 1.88. The highest BCUT2D eigenvalue weighted by atomic mass is 35.5. The van der Waals surface area contributed by atoms with Gasteiger partial charge >= 0.3 is 0 Å². The molecule has 0 bridgehead atoms. The van der Waals surface area contributed by atoms with Gasteiger partial charge in [0.1, 0.15) is 0 Å². The summed E-state index contributed by atoms with van der Waals surface area (Å²) in [5.41, 5.74) is 0.942. The number of rotatable bonds is 4. The number of nitrogens with zero attached hydrogens (tertiary/aromatic N) is 2. The van der Waals surface area contributed by atoms with Gasteiger partial charge in [0.05, 0.1) is 28.0 Å². The third-order valence-electron chi connectivity index (χ3n) is 2.53. The molecule has 92 valence electrons. The van der Waals surface area contributed by atoms with Gasteiger partial charge in [0.15, 0.2) is 0 Å². The second-order valence-corrected chi connectivity index (χ2v) is 5.39. The Morgan fingerprint density at radius 2 is 2.24 bits per heavy atom. The molecule has 2 heterocycles. The molecule has 0 radical (unpaired) electrons. The SMILES string of the molecule is CCNC(c1sccc1Cl)c1c(Cl)cnn1C. The molecule has 1 unspecified atom stereocenters. The molecular weight excluding hydrogens is 277 g/mol. The fourth-order valence-electron chi connectivity index (χ4n) is 1.77. The summed E-state index contributed by atoms with van der Waals surface area (Å²) in [5, 5.41) is 11.0. The van der Waals surface area contributed by atoms with E-state index in [1.807, 2.05) is 18.5 Å². The fourth-order valence-corrected chi connectivity index (χ4v) is 3.29. The molecule has 0 aliphatic rings. The predicted molar refractivity (Wildman–Crippen MR) is 73.1 cm³/mol. The maximum atomic E-state index is 6.19. The summed E-state index contributed by atoms with van der Waals surface area (Å²) in [5.74, 6) is 0. The Hall–Kier alpha value is -0.550. The highest BCUT2D eigenvalue weighted by molar-refractivity contribution is 7.10. The van der Waals surface area contributed by atoms with E-state index in [1.165, 1.54) is 0 Å². The third kappa shape index (κ3) is 2.50. The summed E-state index contributed by atoms with van der Waals surface area (Å²) in [6.07, 6.45) is 1.66. The maximum absolute atomic E-state index is 6.19. The van der Waals surface area contributed by atoms with Crippen LogP contribution in [0.3, 0.4) is 0 Å². The van der Waals surface area contributed by atoms with Gasteiger partial charge in [0, 0.05) is 11.9 Å². The molecule has 0 aliphatic heterocycles. The predicted octanol–water partition coefficient (Wildman–Crippen LogP) is 3.49. The molecule has 0 amide bonds. The van der Waals surface area contributed by atoms with Crippen molar-refractivity contribution in [2.75, 3.05) is 6.54 Å². The summed E-state index contributed by atoms with van der Waals surface area (Å²) < 4.78 is 1.78. The average molecular weight is 290 g/mol. The molecule has 2 aromatic rings. The summed E-state index contributed by atoms with van der Waals surface area (Å²) in [6.45, 7) is 2.89. The zero-order valence-corrected chi connectivity index (χ0v) is 11.9. The molecule has 0 saturated heterocycles. The monoisotopic (exact) mass is 289 g/mol. The first kappa shape index (κ1) is 12.9. The van der Waals surface area contributed by atoms with Crippen LogP contribution in [0.5, 0.6) is 0 Å². The Labute approximate surface area is 114 Å². The van der Waals surface area contributed by atoms with Crippen LogP contribution in [0.4, 0.5) is 0 Å². The van der Waals surface area contributed by atoms with Gasteiger partial charge in [-0.1, -0.05) is 30.1 Å². The first-order chi connectivity index (χ1) is 8.15. The number of nitrogens with one attached hydrogen (secondary N) is 1. The summed E-state index contributed by atoms with van der Waals surface area (Å²) in [6, 6.07) is 1.89. The van der Waals surface area contributed by atoms with Gasteiger partial charge in [-0.25, -0.2) is 0 Å². The number of halogens is 2. The third-order valence-corrected chi connectivity index (χ3v) is 4.24. The Kier molecular flexibility index (Phi) is 4.09. The minimum absolute atomic E-state index is 0.00694. The first-order valence-electron chi connectivity index (χ1n) is 5.28. The van der Waals surface area contributed by atoms with Crippen LogP contribution in [0.2, 0.25) is 10.0 Å². The number of thiophene rings is 1. The number of aromatic nitrogens is 2. The average Bonchev–Trinajstić information content (AvgIpc) is 2.84. The van der Waals surface area contributed by atoms with Gasteiger partial charge in [-0.2, -0.15) is 5.10 Å². The molecule has 3 nitrogen and oxygen atoms in total. The van der Waals surface area contributed by atoms with Crippen molar-refractivity contribution in [3.05, 3.63) is 38.3 Å². The van der Waals surface area contributed by atoms with Gasteiger partial charge in [-0.3, -0.25) is 4.68 Å². The van der Waals surface area contributed by atoms with E-state index in [1.54, 1.807) is 22.2 Å². The van der Waals surface area contributed by atoms with E-state index in [0.29, 0.717) is 5.02 Å². The molecule has 1 atom stereocenters. The van der Waals surface area contributed by atoms with Crippen molar-refractivity contribution in [2.24, 2.45) is 7.05 Å². The van der Waals surface area contributed by atoms with Crippen LogP contribution >= 0.6 is 34.5 Å². The minimum atomic E-state index is -0.00694. The second kappa shape index (κ2) is 5.40. The molecule has 0 aliphatic carbocycles. The molecular formula is C11H13Cl2N3S. The largest absolute Gasteiger partial charge is 0.304 e. The van der Waals surface area contributed by atoms with Crippen molar-refractivity contribution in [3.63, 3.8) is 0 Å². The van der Waals surface area contributed by atoms with Crippen molar-refractivity contribution in [1.82, 2.24) is 15.1 Å². The molecule has 2 aromatic heterocycles. The Morgan fingerprint density at radius 3 is 2.71 bits per heavy atom. The fraction of sp³-hybridized carbons (Fsp3) is 0.364. The number of aryl methyl sites for hydroxylation is 1. The van der Waals surface area contributed by atoms with Crippen LogP contribution in [-0.2, 0) is 7.05 Å². The highest BCUT2D eigenvalue weighted by Gasteiger charge is 2.23. The van der Waals surface area contributed by atoms with E-state index in [-0.39, 0.29) is 6.04 Å². The van der Waals surface area contributed by atoms with Gasteiger partial charge in [0.2, 0.25) is 0 Å². The summed E-state index contributed by atoms with van der Waals surface area (Å²) >= 11 is 14.0. The Balaban J connectivity index is 2.46. The van der Waals surface area contributed by atoms with E-state index in [0.717, 1.165) is 22.1 Å². The quantitative estimate of drug-likeness (QED) is 0.934. The molecule has 0 saturated carbocycles. The van der Waals surface area contributed by atoms with Crippen LogP contribution in [-0.4, -0.2) is 16.3 Å². The molecule has 2 rings (SSSR count). The van der Waals surface area contributed by atoms with E-state index in [4.69, 9.17) is 23.2 Å². The lowest BCUT2D eigenvalue weighted by Crippen LogP contribution is -2.24. The van der Waals surface area contributed by atoms with Gasteiger partial charge < -0.3 is 5.32 Å².